The van der Waals surface area contributed by atoms with Crippen molar-refractivity contribution in [2.75, 3.05) is 6.54 Å². The average molecular weight is 297 g/mol. The van der Waals surface area contributed by atoms with E-state index in [0.29, 0.717) is 0 Å². The third-order valence-corrected chi connectivity index (χ3v) is 5.21. The lowest BCUT2D eigenvalue weighted by molar-refractivity contribution is -0.129. The Hall–Kier alpha value is -1.74. The standard InChI is InChI=1S/C18H19NOS/c1-14-17(20)19(13-12-15-8-4-2-5-9-15)18(21-14)16-10-6-3-7-11-16/h2-11,14,18H,12-13H2,1H3/t14-,18+/m1/s1. The van der Waals surface area contributed by atoms with Gasteiger partial charge in [0.05, 0.1) is 5.25 Å². The number of amides is 1. The van der Waals surface area contributed by atoms with Crippen molar-refractivity contribution in [2.45, 2.75) is 24.0 Å². The molecule has 2 aromatic carbocycles. The van der Waals surface area contributed by atoms with Crippen molar-refractivity contribution >= 4 is 17.7 Å². The molecule has 2 nitrogen and oxygen atoms in total. The molecule has 0 aliphatic carbocycles. The van der Waals surface area contributed by atoms with E-state index in [9.17, 15) is 4.79 Å². The van der Waals surface area contributed by atoms with Crippen LogP contribution in [0.25, 0.3) is 0 Å². The van der Waals surface area contributed by atoms with Gasteiger partial charge in [0.1, 0.15) is 5.37 Å². The van der Waals surface area contributed by atoms with Gasteiger partial charge in [0.25, 0.3) is 0 Å². The van der Waals surface area contributed by atoms with Gasteiger partial charge in [-0.05, 0) is 24.5 Å². The maximum Gasteiger partial charge on any atom is 0.236 e. The molecule has 0 radical (unpaired) electrons. The van der Waals surface area contributed by atoms with Gasteiger partial charge in [0, 0.05) is 6.54 Å². The van der Waals surface area contributed by atoms with E-state index < -0.39 is 0 Å². The number of hydrogen-bond donors (Lipinski definition) is 0. The van der Waals surface area contributed by atoms with Crippen LogP contribution < -0.4 is 0 Å². The minimum Gasteiger partial charge on any atom is -0.325 e. The fourth-order valence-corrected chi connectivity index (χ4v) is 3.98. The Bertz CT molecular complexity index is 599. The van der Waals surface area contributed by atoms with Crippen molar-refractivity contribution in [3.63, 3.8) is 0 Å². The van der Waals surface area contributed by atoms with E-state index in [1.807, 2.05) is 48.2 Å². The molecule has 1 aliphatic rings. The minimum absolute atomic E-state index is 0.0472. The van der Waals surface area contributed by atoms with Gasteiger partial charge in [-0.2, -0.15) is 0 Å². The minimum atomic E-state index is 0.0472. The van der Waals surface area contributed by atoms with Crippen molar-refractivity contribution in [2.24, 2.45) is 0 Å². The fraction of sp³-hybridized carbons (Fsp3) is 0.278. The molecule has 1 fully saturated rings. The molecule has 0 spiro atoms. The summed E-state index contributed by atoms with van der Waals surface area (Å²) in [4.78, 5) is 14.4. The Morgan fingerprint density at radius 2 is 1.62 bits per heavy atom. The van der Waals surface area contributed by atoms with Gasteiger partial charge in [-0.25, -0.2) is 0 Å². The van der Waals surface area contributed by atoms with Crippen LogP contribution >= 0.6 is 11.8 Å². The van der Waals surface area contributed by atoms with Crippen molar-refractivity contribution in [3.8, 4) is 0 Å². The second-order valence-electron chi connectivity index (χ2n) is 5.31. The summed E-state index contributed by atoms with van der Waals surface area (Å²) in [7, 11) is 0. The zero-order valence-electron chi connectivity index (χ0n) is 12.1. The molecule has 0 N–H and O–H groups in total. The molecule has 2 aromatic rings. The van der Waals surface area contributed by atoms with E-state index in [1.165, 1.54) is 11.1 Å². The maximum absolute atomic E-state index is 12.4. The smallest absolute Gasteiger partial charge is 0.236 e. The lowest BCUT2D eigenvalue weighted by Gasteiger charge is -2.24. The van der Waals surface area contributed by atoms with E-state index in [0.717, 1.165) is 13.0 Å². The van der Waals surface area contributed by atoms with Crippen LogP contribution in [-0.4, -0.2) is 22.6 Å². The van der Waals surface area contributed by atoms with Crippen LogP contribution in [0, 0.1) is 0 Å². The van der Waals surface area contributed by atoms with Crippen LogP contribution in [0.1, 0.15) is 23.4 Å². The Kier molecular flexibility index (Phi) is 4.30. The first kappa shape index (κ1) is 14.2. The highest BCUT2D eigenvalue weighted by Crippen LogP contribution is 2.42. The molecule has 1 aliphatic heterocycles. The molecule has 108 valence electrons. The second-order valence-corrected chi connectivity index (χ2v) is 6.73. The third-order valence-electron chi connectivity index (χ3n) is 3.82. The molecule has 1 amide bonds. The van der Waals surface area contributed by atoms with E-state index >= 15 is 0 Å². The highest BCUT2D eigenvalue weighted by Gasteiger charge is 2.37. The van der Waals surface area contributed by atoms with Crippen LogP contribution in [0.3, 0.4) is 0 Å². The van der Waals surface area contributed by atoms with Gasteiger partial charge in [-0.3, -0.25) is 4.79 Å². The Labute approximate surface area is 130 Å². The number of benzene rings is 2. The average Bonchev–Trinajstić information content (AvgIpc) is 2.82. The van der Waals surface area contributed by atoms with Gasteiger partial charge in [0.15, 0.2) is 0 Å². The first-order chi connectivity index (χ1) is 10.3. The molecule has 0 bridgehead atoms. The van der Waals surface area contributed by atoms with Gasteiger partial charge in [-0.15, -0.1) is 11.8 Å². The van der Waals surface area contributed by atoms with Crippen LogP contribution in [0.4, 0.5) is 0 Å². The zero-order chi connectivity index (χ0) is 14.7. The molecule has 0 aromatic heterocycles. The highest BCUT2D eigenvalue weighted by molar-refractivity contribution is 8.01. The first-order valence-electron chi connectivity index (χ1n) is 7.30. The van der Waals surface area contributed by atoms with E-state index in [1.54, 1.807) is 11.8 Å². The summed E-state index contributed by atoms with van der Waals surface area (Å²) < 4.78 is 0. The summed E-state index contributed by atoms with van der Waals surface area (Å²) in [5.41, 5.74) is 2.50. The summed E-state index contributed by atoms with van der Waals surface area (Å²) in [6.45, 7) is 2.78. The van der Waals surface area contributed by atoms with Crippen molar-refractivity contribution in [3.05, 3.63) is 71.8 Å². The van der Waals surface area contributed by atoms with Crippen molar-refractivity contribution < 1.29 is 4.79 Å². The molecule has 1 heterocycles. The molecule has 0 saturated carbocycles. The molecule has 3 rings (SSSR count). The Balaban J connectivity index is 1.75. The number of thioether (sulfide) groups is 1. The van der Waals surface area contributed by atoms with Crippen LogP contribution in [0.15, 0.2) is 60.7 Å². The molecular formula is C18H19NOS. The number of nitrogens with zero attached hydrogens (tertiary/aromatic N) is 1. The van der Waals surface area contributed by atoms with Crippen molar-refractivity contribution in [1.29, 1.82) is 0 Å². The summed E-state index contributed by atoms with van der Waals surface area (Å²) >= 11 is 1.75. The summed E-state index contributed by atoms with van der Waals surface area (Å²) in [5.74, 6) is 0.254. The number of carbonyl (C=O) groups is 1. The quantitative estimate of drug-likeness (QED) is 0.853. The summed E-state index contributed by atoms with van der Waals surface area (Å²) in [5, 5.41) is 0.198. The molecule has 21 heavy (non-hydrogen) atoms. The fourth-order valence-electron chi connectivity index (χ4n) is 2.67. The number of rotatable bonds is 4. The van der Waals surface area contributed by atoms with Gasteiger partial charge < -0.3 is 4.90 Å². The van der Waals surface area contributed by atoms with Gasteiger partial charge in [-0.1, -0.05) is 60.7 Å². The van der Waals surface area contributed by atoms with Gasteiger partial charge in [0.2, 0.25) is 5.91 Å². The second kappa shape index (κ2) is 6.35. The molecule has 3 heteroatoms. The Morgan fingerprint density at radius 1 is 1.00 bits per heavy atom. The molecule has 1 saturated heterocycles. The van der Waals surface area contributed by atoms with Gasteiger partial charge >= 0.3 is 0 Å². The molecule has 0 unspecified atom stereocenters. The van der Waals surface area contributed by atoms with Crippen LogP contribution in [0.5, 0.6) is 0 Å². The third kappa shape index (κ3) is 3.13. The highest BCUT2D eigenvalue weighted by atomic mass is 32.2. The summed E-state index contributed by atoms with van der Waals surface area (Å²) in [6, 6.07) is 20.7. The topological polar surface area (TPSA) is 20.3 Å². The van der Waals surface area contributed by atoms with E-state index in [4.69, 9.17) is 0 Å². The van der Waals surface area contributed by atoms with Crippen LogP contribution in [-0.2, 0) is 11.2 Å². The summed E-state index contributed by atoms with van der Waals surface area (Å²) in [6.07, 6.45) is 0.906. The Morgan fingerprint density at radius 3 is 2.29 bits per heavy atom. The largest absolute Gasteiger partial charge is 0.325 e. The number of carbonyl (C=O) groups excluding carboxylic acids is 1. The predicted molar refractivity (Wildman–Crippen MR) is 88.1 cm³/mol. The SMILES string of the molecule is C[C@H]1S[C@@H](c2ccccc2)N(CCc2ccccc2)C1=O. The van der Waals surface area contributed by atoms with Crippen molar-refractivity contribution in [1.82, 2.24) is 4.90 Å². The normalized spacial score (nSPS) is 21.8. The predicted octanol–water partition coefficient (Wildman–Crippen LogP) is 3.89. The van der Waals surface area contributed by atoms with E-state index in [2.05, 4.69) is 24.3 Å². The number of hydrogen-bond acceptors (Lipinski definition) is 2. The molecule has 2 atom stereocenters. The van der Waals surface area contributed by atoms with E-state index in [-0.39, 0.29) is 16.5 Å². The monoisotopic (exact) mass is 297 g/mol. The lowest BCUT2D eigenvalue weighted by atomic mass is 10.1. The molecular weight excluding hydrogens is 278 g/mol. The van der Waals surface area contributed by atoms with Crippen LogP contribution in [0.2, 0.25) is 0 Å². The lowest BCUT2D eigenvalue weighted by Crippen LogP contribution is -2.32. The maximum atomic E-state index is 12.4. The zero-order valence-corrected chi connectivity index (χ0v) is 12.9. The first-order valence-corrected chi connectivity index (χ1v) is 8.25.